The second kappa shape index (κ2) is 4.21. The van der Waals surface area contributed by atoms with Crippen LogP contribution in [0.4, 0.5) is 5.82 Å². The molecule has 0 spiro atoms. The minimum atomic E-state index is 0.676. The highest BCUT2D eigenvalue weighted by atomic mass is 35.5. The molecule has 4 heteroatoms. The third-order valence-electron chi connectivity index (χ3n) is 3.44. The van der Waals surface area contributed by atoms with Crippen molar-refractivity contribution in [2.24, 2.45) is 0 Å². The lowest BCUT2D eigenvalue weighted by Gasteiger charge is -2.24. The summed E-state index contributed by atoms with van der Waals surface area (Å²) in [5.41, 5.74) is 2.63. The van der Waals surface area contributed by atoms with Gasteiger partial charge in [-0.15, -0.1) is 11.6 Å². The predicted octanol–water partition coefficient (Wildman–Crippen LogP) is 2.17. The van der Waals surface area contributed by atoms with Gasteiger partial charge in [0.1, 0.15) is 12.1 Å². The van der Waals surface area contributed by atoms with Crippen LogP contribution in [0.25, 0.3) is 0 Å². The van der Waals surface area contributed by atoms with Gasteiger partial charge < -0.3 is 4.90 Å². The summed E-state index contributed by atoms with van der Waals surface area (Å²) in [7, 11) is 0. The smallest absolute Gasteiger partial charge is 0.135 e. The number of halogens is 1. The van der Waals surface area contributed by atoms with Crippen molar-refractivity contribution >= 4 is 17.4 Å². The highest BCUT2D eigenvalue weighted by Gasteiger charge is 2.32. The van der Waals surface area contributed by atoms with E-state index in [1.54, 1.807) is 6.33 Å². The van der Waals surface area contributed by atoms with E-state index in [4.69, 9.17) is 11.6 Å². The zero-order valence-electron chi connectivity index (χ0n) is 9.32. The van der Waals surface area contributed by atoms with Crippen molar-refractivity contribution < 1.29 is 0 Å². The van der Waals surface area contributed by atoms with Crippen molar-refractivity contribution in [2.75, 3.05) is 17.3 Å². The maximum Gasteiger partial charge on any atom is 0.135 e. The number of fused-ring (bicyclic) bond motifs is 1. The second-order valence-electron chi connectivity index (χ2n) is 4.59. The number of rotatable bonds is 4. The molecular formula is C12H16ClN3. The lowest BCUT2D eigenvalue weighted by atomic mass is 10.2. The molecule has 1 aromatic rings. The Kier molecular flexibility index (Phi) is 2.72. The van der Waals surface area contributed by atoms with Crippen molar-refractivity contribution in [3.63, 3.8) is 0 Å². The van der Waals surface area contributed by atoms with Crippen LogP contribution in [0.3, 0.4) is 0 Å². The van der Waals surface area contributed by atoms with E-state index in [9.17, 15) is 0 Å². The molecule has 0 atom stereocenters. The van der Waals surface area contributed by atoms with Gasteiger partial charge in [0.25, 0.3) is 0 Å². The SMILES string of the molecule is ClCCN(c1ncnc2c1CCC2)C1CC1. The molecule has 1 fully saturated rings. The van der Waals surface area contributed by atoms with E-state index in [1.165, 1.54) is 30.5 Å². The topological polar surface area (TPSA) is 29.0 Å². The second-order valence-corrected chi connectivity index (χ2v) is 4.97. The zero-order valence-corrected chi connectivity index (χ0v) is 10.1. The Balaban J connectivity index is 1.94. The first-order valence-corrected chi connectivity index (χ1v) is 6.59. The zero-order chi connectivity index (χ0) is 11.0. The monoisotopic (exact) mass is 237 g/mol. The van der Waals surface area contributed by atoms with Crippen LogP contribution >= 0.6 is 11.6 Å². The third-order valence-corrected chi connectivity index (χ3v) is 3.61. The number of alkyl halides is 1. The molecule has 0 bridgehead atoms. The highest BCUT2D eigenvalue weighted by molar-refractivity contribution is 6.18. The molecular weight excluding hydrogens is 222 g/mol. The van der Waals surface area contributed by atoms with E-state index in [2.05, 4.69) is 14.9 Å². The summed E-state index contributed by atoms with van der Waals surface area (Å²) in [6.07, 6.45) is 7.76. The predicted molar refractivity (Wildman–Crippen MR) is 65.1 cm³/mol. The first-order valence-electron chi connectivity index (χ1n) is 6.05. The maximum atomic E-state index is 5.88. The quantitative estimate of drug-likeness (QED) is 0.752. The molecule has 1 heterocycles. The molecule has 0 unspecified atom stereocenters. The molecule has 0 amide bonds. The van der Waals surface area contributed by atoms with Crippen LogP contribution in [0, 0.1) is 0 Å². The van der Waals surface area contributed by atoms with E-state index >= 15 is 0 Å². The Hall–Kier alpha value is -0.830. The number of hydrogen-bond acceptors (Lipinski definition) is 3. The summed E-state index contributed by atoms with van der Waals surface area (Å²) in [5, 5.41) is 0. The Morgan fingerprint density at radius 3 is 2.94 bits per heavy atom. The highest BCUT2D eigenvalue weighted by Crippen LogP contribution is 2.35. The number of anilines is 1. The van der Waals surface area contributed by atoms with Crippen molar-refractivity contribution in [1.82, 2.24) is 9.97 Å². The van der Waals surface area contributed by atoms with E-state index < -0.39 is 0 Å². The third kappa shape index (κ3) is 1.77. The fourth-order valence-electron chi connectivity index (χ4n) is 2.53. The number of nitrogens with zero attached hydrogens (tertiary/aromatic N) is 3. The van der Waals surface area contributed by atoms with Crippen molar-refractivity contribution in [3.05, 3.63) is 17.6 Å². The molecule has 1 aromatic heterocycles. The minimum absolute atomic E-state index is 0.676. The molecule has 3 rings (SSSR count). The van der Waals surface area contributed by atoms with Gasteiger partial charge in [0.05, 0.1) is 0 Å². The van der Waals surface area contributed by atoms with Crippen LogP contribution in [-0.4, -0.2) is 28.4 Å². The molecule has 16 heavy (non-hydrogen) atoms. The number of aromatic nitrogens is 2. The Bertz CT molecular complexity index is 390. The van der Waals surface area contributed by atoms with Crippen LogP contribution in [-0.2, 0) is 12.8 Å². The fraction of sp³-hybridized carbons (Fsp3) is 0.667. The molecule has 0 radical (unpaired) electrons. The summed E-state index contributed by atoms with van der Waals surface area (Å²) in [6, 6.07) is 0.679. The lowest BCUT2D eigenvalue weighted by molar-refractivity contribution is 0.797. The van der Waals surface area contributed by atoms with Crippen LogP contribution in [0.15, 0.2) is 6.33 Å². The van der Waals surface area contributed by atoms with Crippen LogP contribution < -0.4 is 4.90 Å². The first kappa shape index (κ1) is 10.3. The average Bonchev–Trinajstić information content (AvgIpc) is 3.02. The molecule has 0 aromatic carbocycles. The first-order chi connectivity index (χ1) is 7.90. The van der Waals surface area contributed by atoms with E-state index in [1.807, 2.05) is 0 Å². The summed E-state index contributed by atoms with van der Waals surface area (Å²) in [5.74, 6) is 1.83. The van der Waals surface area contributed by atoms with Crippen LogP contribution in [0.5, 0.6) is 0 Å². The molecule has 2 aliphatic rings. The van der Waals surface area contributed by atoms with Gasteiger partial charge in [-0.05, 0) is 32.1 Å². The molecule has 2 aliphatic carbocycles. The molecule has 86 valence electrons. The number of hydrogen-bond donors (Lipinski definition) is 0. The van der Waals surface area contributed by atoms with Gasteiger partial charge in [0.2, 0.25) is 0 Å². The molecule has 3 nitrogen and oxygen atoms in total. The van der Waals surface area contributed by atoms with Crippen molar-refractivity contribution in [1.29, 1.82) is 0 Å². The summed E-state index contributed by atoms with van der Waals surface area (Å²) < 4.78 is 0. The van der Waals surface area contributed by atoms with E-state index in [-0.39, 0.29) is 0 Å². The van der Waals surface area contributed by atoms with Gasteiger partial charge >= 0.3 is 0 Å². The normalized spacial score (nSPS) is 18.6. The Morgan fingerprint density at radius 2 is 2.19 bits per heavy atom. The van der Waals surface area contributed by atoms with Gasteiger partial charge in [-0.2, -0.15) is 0 Å². The van der Waals surface area contributed by atoms with Crippen LogP contribution in [0.2, 0.25) is 0 Å². The largest absolute Gasteiger partial charge is 0.352 e. The maximum absolute atomic E-state index is 5.88. The summed E-state index contributed by atoms with van der Waals surface area (Å²) in [6.45, 7) is 0.912. The van der Waals surface area contributed by atoms with Gasteiger partial charge in [-0.1, -0.05) is 0 Å². The Labute approximate surface area is 101 Å². The van der Waals surface area contributed by atoms with Gasteiger partial charge in [-0.25, -0.2) is 9.97 Å². The summed E-state index contributed by atoms with van der Waals surface area (Å²) >= 11 is 5.88. The van der Waals surface area contributed by atoms with Crippen LogP contribution in [0.1, 0.15) is 30.5 Å². The average molecular weight is 238 g/mol. The van der Waals surface area contributed by atoms with Gasteiger partial charge in [-0.3, -0.25) is 0 Å². The Morgan fingerprint density at radius 1 is 1.31 bits per heavy atom. The van der Waals surface area contributed by atoms with Crippen molar-refractivity contribution in [3.8, 4) is 0 Å². The molecule has 0 N–H and O–H groups in total. The standard InChI is InChI=1S/C12H16ClN3/c13-6-7-16(9-4-5-9)12-10-2-1-3-11(10)14-8-15-12/h8-9H,1-7H2. The lowest BCUT2D eigenvalue weighted by Crippen LogP contribution is -2.29. The van der Waals surface area contributed by atoms with Gasteiger partial charge in [0.15, 0.2) is 0 Å². The van der Waals surface area contributed by atoms with E-state index in [0.717, 1.165) is 25.2 Å². The fourth-order valence-corrected chi connectivity index (χ4v) is 2.71. The van der Waals surface area contributed by atoms with Crippen molar-refractivity contribution in [2.45, 2.75) is 38.1 Å². The van der Waals surface area contributed by atoms with Gasteiger partial charge in [0, 0.05) is 29.7 Å². The minimum Gasteiger partial charge on any atom is -0.352 e. The molecule has 0 saturated heterocycles. The molecule has 0 aliphatic heterocycles. The van der Waals surface area contributed by atoms with E-state index in [0.29, 0.717) is 11.9 Å². The summed E-state index contributed by atoms with van der Waals surface area (Å²) in [4.78, 5) is 11.2. The molecule has 1 saturated carbocycles. The number of aryl methyl sites for hydroxylation is 1.